The summed E-state index contributed by atoms with van der Waals surface area (Å²) in [7, 11) is 0. The molecule has 0 fully saturated rings. The molecule has 5 nitrogen and oxygen atoms in total. The Kier molecular flexibility index (Phi) is 5.51. The van der Waals surface area contributed by atoms with Crippen molar-refractivity contribution in [2.24, 2.45) is 10.2 Å². The van der Waals surface area contributed by atoms with Crippen LogP contribution in [-0.4, -0.2) is 23.9 Å². The molecule has 0 radical (unpaired) electrons. The van der Waals surface area contributed by atoms with Gasteiger partial charge in [-0.3, -0.25) is 0 Å². The Morgan fingerprint density at radius 1 is 1.04 bits per heavy atom. The second-order valence-electron chi connectivity index (χ2n) is 4.81. The van der Waals surface area contributed by atoms with Gasteiger partial charge in [-0.05, 0) is 55.0 Å². The number of benzene rings is 2. The Hall–Kier alpha value is -2.90. The molecule has 2 aromatic carbocycles. The molecule has 0 aliphatic heterocycles. The van der Waals surface area contributed by atoms with Gasteiger partial charge in [0.2, 0.25) is 0 Å². The standard InChI is InChI=1S/C16H13F3N2O3/c1-9-8-12(6-7-13(9)22)21-20-11-4-2-10(3-5-11)16(23)24-15(19)14(17)18/h2-8,14-15,22H,1H3. The number of azo groups is 1. The Labute approximate surface area is 135 Å². The lowest BCUT2D eigenvalue weighted by atomic mass is 10.2. The van der Waals surface area contributed by atoms with Crippen LogP contribution in [0.3, 0.4) is 0 Å². The van der Waals surface area contributed by atoms with Crippen LogP contribution in [0.25, 0.3) is 0 Å². The maximum absolute atomic E-state index is 12.7. The number of halogens is 3. The number of nitrogens with zero attached hydrogens (tertiary/aromatic N) is 2. The number of hydrogen-bond donors (Lipinski definition) is 1. The number of ether oxygens (including phenoxy) is 1. The minimum Gasteiger partial charge on any atom is -0.508 e. The smallest absolute Gasteiger partial charge is 0.340 e. The second kappa shape index (κ2) is 7.58. The number of esters is 1. The molecule has 0 aliphatic carbocycles. The van der Waals surface area contributed by atoms with Crippen LogP contribution in [0.2, 0.25) is 0 Å². The molecule has 24 heavy (non-hydrogen) atoms. The van der Waals surface area contributed by atoms with E-state index >= 15 is 0 Å². The fourth-order valence-corrected chi connectivity index (χ4v) is 1.70. The normalized spacial score (nSPS) is 12.5. The molecular weight excluding hydrogens is 325 g/mol. The van der Waals surface area contributed by atoms with Crippen molar-refractivity contribution in [1.82, 2.24) is 0 Å². The van der Waals surface area contributed by atoms with Gasteiger partial charge in [0.25, 0.3) is 0 Å². The van der Waals surface area contributed by atoms with Gasteiger partial charge < -0.3 is 9.84 Å². The average Bonchev–Trinajstić information content (AvgIpc) is 2.56. The molecule has 0 saturated carbocycles. The van der Waals surface area contributed by atoms with E-state index in [9.17, 15) is 23.1 Å². The zero-order chi connectivity index (χ0) is 17.7. The van der Waals surface area contributed by atoms with Crippen molar-refractivity contribution < 1.29 is 27.8 Å². The maximum atomic E-state index is 12.7. The first-order chi connectivity index (χ1) is 11.4. The topological polar surface area (TPSA) is 71.2 Å². The maximum Gasteiger partial charge on any atom is 0.340 e. The molecule has 126 valence electrons. The van der Waals surface area contributed by atoms with Gasteiger partial charge in [-0.25, -0.2) is 13.6 Å². The SMILES string of the molecule is Cc1cc(N=Nc2ccc(C(=O)OC(F)C(F)F)cc2)ccc1O. The Bertz CT molecular complexity index is 749. The van der Waals surface area contributed by atoms with E-state index in [1.807, 2.05) is 0 Å². The fraction of sp³-hybridized carbons (Fsp3) is 0.188. The lowest BCUT2D eigenvalue weighted by Crippen LogP contribution is -2.20. The van der Waals surface area contributed by atoms with Crippen molar-refractivity contribution in [3.05, 3.63) is 53.6 Å². The minimum absolute atomic E-state index is 0.0854. The number of hydrogen-bond acceptors (Lipinski definition) is 5. The monoisotopic (exact) mass is 338 g/mol. The summed E-state index contributed by atoms with van der Waals surface area (Å²) in [6.45, 7) is 1.71. The van der Waals surface area contributed by atoms with Crippen LogP contribution >= 0.6 is 0 Å². The summed E-state index contributed by atoms with van der Waals surface area (Å²) in [5.74, 6) is -1.05. The molecule has 1 unspecified atom stereocenters. The van der Waals surface area contributed by atoms with Gasteiger partial charge in [-0.1, -0.05) is 0 Å². The number of aryl methyl sites for hydroxylation is 1. The number of aromatic hydroxyl groups is 1. The molecule has 0 spiro atoms. The van der Waals surface area contributed by atoms with Crippen LogP contribution in [0.1, 0.15) is 15.9 Å². The number of alkyl halides is 3. The zero-order valence-corrected chi connectivity index (χ0v) is 12.5. The Balaban J connectivity index is 2.05. The summed E-state index contributed by atoms with van der Waals surface area (Å²) < 4.78 is 40.6. The Morgan fingerprint density at radius 3 is 2.21 bits per heavy atom. The van der Waals surface area contributed by atoms with Gasteiger partial charge in [0, 0.05) is 0 Å². The van der Waals surface area contributed by atoms with Gasteiger partial charge in [0.15, 0.2) is 0 Å². The molecule has 0 amide bonds. The largest absolute Gasteiger partial charge is 0.508 e. The van der Waals surface area contributed by atoms with Gasteiger partial charge in [-0.2, -0.15) is 14.6 Å². The second-order valence-corrected chi connectivity index (χ2v) is 4.81. The lowest BCUT2D eigenvalue weighted by Gasteiger charge is -2.08. The van der Waals surface area contributed by atoms with Crippen LogP contribution in [0.4, 0.5) is 24.5 Å². The predicted molar refractivity (Wildman–Crippen MR) is 79.8 cm³/mol. The molecule has 0 bridgehead atoms. The Morgan fingerprint density at radius 2 is 1.62 bits per heavy atom. The third kappa shape index (κ3) is 4.55. The number of carbonyl (C=O) groups excluding carboxylic acids is 1. The van der Waals surface area contributed by atoms with Crippen molar-refractivity contribution in [1.29, 1.82) is 0 Å². The number of phenolic OH excluding ortho intramolecular Hbond substituents is 1. The van der Waals surface area contributed by atoms with Crippen molar-refractivity contribution in [2.45, 2.75) is 19.7 Å². The van der Waals surface area contributed by atoms with Crippen LogP contribution < -0.4 is 0 Å². The summed E-state index contributed by atoms with van der Waals surface area (Å²) >= 11 is 0. The molecule has 2 aromatic rings. The van der Waals surface area contributed by atoms with E-state index < -0.39 is 18.8 Å². The summed E-state index contributed by atoms with van der Waals surface area (Å²) in [5, 5.41) is 17.3. The third-order valence-electron chi connectivity index (χ3n) is 2.98. The third-order valence-corrected chi connectivity index (χ3v) is 2.98. The summed E-state index contributed by atoms with van der Waals surface area (Å²) in [5.41, 5.74) is 1.47. The molecule has 1 N–H and O–H groups in total. The minimum atomic E-state index is -3.39. The first-order valence-electron chi connectivity index (χ1n) is 6.81. The van der Waals surface area contributed by atoms with Gasteiger partial charge >= 0.3 is 18.8 Å². The van der Waals surface area contributed by atoms with Gasteiger partial charge in [0.05, 0.1) is 16.9 Å². The number of carbonyl (C=O) groups is 1. The van der Waals surface area contributed by atoms with Crippen LogP contribution in [0, 0.1) is 6.92 Å². The molecule has 0 aliphatic rings. The van der Waals surface area contributed by atoms with Crippen LogP contribution in [-0.2, 0) is 4.74 Å². The van der Waals surface area contributed by atoms with E-state index in [1.54, 1.807) is 19.1 Å². The first-order valence-corrected chi connectivity index (χ1v) is 6.81. The average molecular weight is 338 g/mol. The molecular formula is C16H13F3N2O3. The summed E-state index contributed by atoms with van der Waals surface area (Å²) in [6, 6.07) is 10.0. The number of phenols is 1. The van der Waals surface area contributed by atoms with Crippen molar-refractivity contribution in [3.8, 4) is 5.75 Å². The molecule has 8 heteroatoms. The van der Waals surface area contributed by atoms with Crippen molar-refractivity contribution in [3.63, 3.8) is 0 Å². The fourth-order valence-electron chi connectivity index (χ4n) is 1.70. The highest BCUT2D eigenvalue weighted by Gasteiger charge is 2.24. The highest BCUT2D eigenvalue weighted by molar-refractivity contribution is 5.89. The van der Waals surface area contributed by atoms with Gasteiger partial charge in [0.1, 0.15) is 5.75 Å². The van der Waals surface area contributed by atoms with Crippen LogP contribution in [0.5, 0.6) is 5.75 Å². The zero-order valence-electron chi connectivity index (χ0n) is 12.5. The van der Waals surface area contributed by atoms with E-state index in [2.05, 4.69) is 15.0 Å². The van der Waals surface area contributed by atoms with E-state index in [0.29, 0.717) is 16.9 Å². The highest BCUT2D eigenvalue weighted by Crippen LogP contribution is 2.24. The van der Waals surface area contributed by atoms with E-state index in [-0.39, 0.29) is 11.3 Å². The summed E-state index contributed by atoms with van der Waals surface area (Å²) in [6.07, 6.45) is -6.36. The van der Waals surface area contributed by atoms with Crippen molar-refractivity contribution >= 4 is 17.3 Å². The lowest BCUT2D eigenvalue weighted by molar-refractivity contribution is -0.0971. The predicted octanol–water partition coefficient (Wildman–Crippen LogP) is 4.83. The van der Waals surface area contributed by atoms with Gasteiger partial charge in [-0.15, -0.1) is 0 Å². The quantitative estimate of drug-likeness (QED) is 0.627. The molecule has 0 aromatic heterocycles. The van der Waals surface area contributed by atoms with Crippen molar-refractivity contribution in [2.75, 3.05) is 0 Å². The number of rotatable bonds is 5. The summed E-state index contributed by atoms with van der Waals surface area (Å²) in [4.78, 5) is 11.4. The molecule has 0 saturated heterocycles. The highest BCUT2D eigenvalue weighted by atomic mass is 19.3. The van der Waals surface area contributed by atoms with E-state index in [4.69, 9.17) is 0 Å². The van der Waals surface area contributed by atoms with E-state index in [0.717, 1.165) is 0 Å². The van der Waals surface area contributed by atoms with E-state index in [1.165, 1.54) is 30.3 Å². The molecule has 1 atom stereocenters. The van der Waals surface area contributed by atoms with Crippen LogP contribution in [0.15, 0.2) is 52.7 Å². The molecule has 0 heterocycles. The molecule has 2 rings (SSSR count). The first kappa shape index (κ1) is 17.5.